The van der Waals surface area contributed by atoms with Crippen LogP contribution in [0.2, 0.25) is 0 Å². The standard InChI is InChI=1S/C10H15N5O11P2.C6H12O5/c11-8-13-6-4(7(18)14-8)12-2-15(6)10(28(23,24)25)9(19,27(20,21)22)5(17)3(1-16)26-10;1-3(8)5(10)6(11)4(9)2-7/h2-3,5,16-17,19H,1H2,(H2,20,21,22)(H2,23,24,25)(H3,11,13,14,18);2-6,8-11H,1H3/t3-,5-,9+,10+;/m1./s1. The lowest BCUT2D eigenvalue weighted by atomic mass is 10.1. The minimum atomic E-state index is -6.01. The molecule has 8 atom stereocenters. The highest BCUT2D eigenvalue weighted by Gasteiger charge is 2.81. The first kappa shape index (κ1) is 33.0. The van der Waals surface area contributed by atoms with Crippen molar-refractivity contribution in [2.75, 3.05) is 12.3 Å². The van der Waals surface area contributed by atoms with Crippen LogP contribution in [0, 0.1) is 0 Å². The van der Waals surface area contributed by atoms with Gasteiger partial charge in [0.25, 0.3) is 16.4 Å². The van der Waals surface area contributed by atoms with Crippen molar-refractivity contribution in [2.45, 2.75) is 54.4 Å². The zero-order chi connectivity index (χ0) is 30.3. The number of nitrogen functional groups attached to an aromatic ring is 1. The van der Waals surface area contributed by atoms with Crippen molar-refractivity contribution in [3.05, 3.63) is 16.7 Å². The number of aliphatic hydroxyl groups excluding tert-OH is 6. The molecule has 1 aliphatic rings. The van der Waals surface area contributed by atoms with Crippen LogP contribution in [0.4, 0.5) is 5.95 Å². The van der Waals surface area contributed by atoms with Crippen LogP contribution in [-0.2, 0) is 24.1 Å². The van der Waals surface area contributed by atoms with Crippen molar-refractivity contribution in [1.82, 2.24) is 19.5 Å². The number of nitrogens with two attached hydrogens (primary N) is 1. The number of anilines is 1. The van der Waals surface area contributed by atoms with Crippen LogP contribution in [0.3, 0.4) is 0 Å². The van der Waals surface area contributed by atoms with Crippen LogP contribution in [-0.4, -0.2) is 130 Å². The number of H-pyrrole nitrogens is 1. The van der Waals surface area contributed by atoms with E-state index < -0.39 is 91.9 Å². The topological polar surface area (TPSA) is 373 Å². The Hall–Kier alpha value is -2.20. The fourth-order valence-electron chi connectivity index (χ4n) is 3.69. The van der Waals surface area contributed by atoms with Gasteiger partial charge < -0.3 is 70.6 Å². The van der Waals surface area contributed by atoms with Crippen molar-refractivity contribution >= 4 is 38.6 Å². The van der Waals surface area contributed by atoms with Gasteiger partial charge in [0.2, 0.25) is 5.95 Å². The molecule has 3 heterocycles. The van der Waals surface area contributed by atoms with Gasteiger partial charge in [-0.15, -0.1) is 0 Å². The van der Waals surface area contributed by atoms with Gasteiger partial charge >= 0.3 is 15.2 Å². The maximum Gasteiger partial charge on any atom is 0.382 e. The van der Waals surface area contributed by atoms with E-state index in [-0.39, 0.29) is 10.9 Å². The number of nitrogens with one attached hydrogen (secondary N) is 1. The summed E-state index contributed by atoms with van der Waals surface area (Å²) in [7, 11) is -12.0. The molecule has 0 aromatic carbocycles. The number of nitrogens with zero attached hydrogens (tertiary/aromatic N) is 3. The van der Waals surface area contributed by atoms with E-state index in [1.54, 1.807) is 0 Å². The first-order valence-corrected chi connectivity index (χ1v) is 13.7. The Balaban J connectivity index is 0.000000411. The highest BCUT2D eigenvalue weighted by molar-refractivity contribution is 7.58. The molecule has 39 heavy (non-hydrogen) atoms. The molecule has 0 saturated carbocycles. The molecule has 1 saturated heterocycles. The van der Waals surface area contributed by atoms with Crippen LogP contribution >= 0.6 is 15.2 Å². The second-order valence-corrected chi connectivity index (χ2v) is 11.8. The molecule has 21 nitrogen and oxygen atoms in total. The first-order chi connectivity index (χ1) is 17.7. The van der Waals surface area contributed by atoms with E-state index in [9.17, 15) is 53.6 Å². The molecule has 0 spiro atoms. The molecule has 4 unspecified atom stereocenters. The number of rotatable bonds is 8. The Bertz CT molecular complexity index is 1340. The number of ether oxygens (including phenoxy) is 1. The second kappa shape index (κ2) is 11.4. The fourth-order valence-corrected chi connectivity index (χ4v) is 6.78. The average Bonchev–Trinajstić information content (AvgIpc) is 3.35. The Morgan fingerprint density at radius 1 is 1.18 bits per heavy atom. The van der Waals surface area contributed by atoms with E-state index in [0.717, 1.165) is 0 Å². The van der Waals surface area contributed by atoms with Crippen molar-refractivity contribution in [3.8, 4) is 0 Å². The lowest BCUT2D eigenvalue weighted by molar-refractivity contribution is -0.132. The average molecular weight is 607 g/mol. The number of carbonyl (C=O) groups is 1. The van der Waals surface area contributed by atoms with Gasteiger partial charge in [-0.05, 0) is 6.92 Å². The summed E-state index contributed by atoms with van der Waals surface area (Å²) in [5.41, 5.74) is -0.587. The van der Waals surface area contributed by atoms with Crippen LogP contribution in [0.25, 0.3) is 11.2 Å². The van der Waals surface area contributed by atoms with E-state index in [1.807, 2.05) is 4.98 Å². The Labute approximate surface area is 216 Å². The summed E-state index contributed by atoms with van der Waals surface area (Å²) in [5, 5.41) is 61.4. The summed E-state index contributed by atoms with van der Waals surface area (Å²) < 4.78 is 29.7. The predicted octanol–water partition coefficient (Wildman–Crippen LogP) is -6.24. The summed E-state index contributed by atoms with van der Waals surface area (Å²) in [6.07, 6.45) is -10.1. The van der Waals surface area contributed by atoms with E-state index in [0.29, 0.717) is 6.33 Å². The quantitative estimate of drug-likeness (QED) is 0.0979. The van der Waals surface area contributed by atoms with Crippen LogP contribution in [0.1, 0.15) is 6.92 Å². The molecule has 1 aliphatic heterocycles. The number of aliphatic hydroxyl groups is 7. The van der Waals surface area contributed by atoms with Gasteiger partial charge in [0.1, 0.15) is 36.8 Å². The molecule has 2 aromatic rings. The maximum atomic E-state index is 12.4. The number of hydrogen-bond acceptors (Lipinski definition) is 15. The number of imidazole rings is 1. The van der Waals surface area contributed by atoms with Crippen molar-refractivity contribution in [1.29, 1.82) is 0 Å². The normalized spacial score (nSPS) is 28.8. The monoisotopic (exact) mass is 607 g/mol. The zero-order valence-electron chi connectivity index (χ0n) is 19.6. The molecule has 23 heteroatoms. The molecular formula is C16H27N5O16P2. The van der Waals surface area contributed by atoms with Crippen LogP contribution in [0.5, 0.6) is 0 Å². The molecule has 0 amide bonds. The zero-order valence-corrected chi connectivity index (χ0v) is 21.4. The van der Waals surface area contributed by atoms with Crippen molar-refractivity contribution < 1.29 is 74.0 Å². The molecule has 0 radical (unpaired) electrons. The largest absolute Gasteiger partial charge is 0.394 e. The van der Waals surface area contributed by atoms with Gasteiger partial charge in [0.15, 0.2) is 17.5 Å². The van der Waals surface area contributed by atoms with Gasteiger partial charge in [-0.3, -0.25) is 23.5 Å². The third-order valence-electron chi connectivity index (χ3n) is 5.66. The third kappa shape index (κ3) is 5.43. The number of carbonyl (C=O) groups excluding carboxylic acids is 1. The number of aldehydes is 1. The van der Waals surface area contributed by atoms with Gasteiger partial charge in [-0.1, -0.05) is 0 Å². The van der Waals surface area contributed by atoms with Gasteiger partial charge in [-0.25, -0.2) is 4.98 Å². The highest BCUT2D eigenvalue weighted by Crippen LogP contribution is 2.74. The molecule has 0 bridgehead atoms. The predicted molar refractivity (Wildman–Crippen MR) is 123 cm³/mol. The van der Waals surface area contributed by atoms with Crippen LogP contribution in [0.15, 0.2) is 11.1 Å². The first-order valence-electron chi connectivity index (χ1n) is 10.4. The van der Waals surface area contributed by atoms with Gasteiger partial charge in [0, 0.05) is 0 Å². The van der Waals surface area contributed by atoms with E-state index >= 15 is 0 Å². The van der Waals surface area contributed by atoms with Crippen molar-refractivity contribution in [3.63, 3.8) is 0 Å². The number of fused-ring (bicyclic) bond motifs is 1. The Kier molecular flexibility index (Phi) is 9.61. The summed E-state index contributed by atoms with van der Waals surface area (Å²) in [4.78, 5) is 70.3. The Morgan fingerprint density at radius 3 is 2.18 bits per heavy atom. The molecule has 1 fully saturated rings. The lowest BCUT2D eigenvalue weighted by Crippen LogP contribution is -2.57. The molecule has 3 rings (SSSR count). The number of hydrogen-bond donors (Lipinski definition) is 13. The summed E-state index contributed by atoms with van der Waals surface area (Å²) in [6.45, 7) is 0.0550. The smallest absolute Gasteiger partial charge is 0.382 e. The number of aromatic amines is 1. The van der Waals surface area contributed by atoms with E-state index in [2.05, 4.69) is 9.97 Å². The summed E-state index contributed by atoms with van der Waals surface area (Å²) >= 11 is 0. The van der Waals surface area contributed by atoms with E-state index in [1.165, 1.54) is 6.92 Å². The highest BCUT2D eigenvalue weighted by atomic mass is 31.2. The van der Waals surface area contributed by atoms with Gasteiger partial charge in [0.05, 0.1) is 12.7 Å². The van der Waals surface area contributed by atoms with Crippen LogP contribution < -0.4 is 11.3 Å². The summed E-state index contributed by atoms with van der Waals surface area (Å²) in [6, 6.07) is 0. The van der Waals surface area contributed by atoms with Gasteiger partial charge in [-0.2, -0.15) is 4.98 Å². The SMILES string of the molecule is CC(O)C(O)C(O)C(O)C=O.Nc1nc2c(ncn2[C@]2(P(=O)(O)O)O[C@H](CO)[C@@H](O)[C@]2(O)P(=O)(O)O)c(=O)[nH]1. The maximum absolute atomic E-state index is 12.4. The number of aromatic nitrogens is 4. The molecular weight excluding hydrogens is 580 g/mol. The molecule has 222 valence electrons. The minimum absolute atomic E-state index is 0.0935. The molecule has 14 N–H and O–H groups in total. The van der Waals surface area contributed by atoms with E-state index in [4.69, 9.17) is 30.9 Å². The summed E-state index contributed by atoms with van der Waals surface area (Å²) in [5.74, 6) is -0.558. The fraction of sp³-hybridized carbons (Fsp3) is 0.625. The third-order valence-corrected chi connectivity index (χ3v) is 8.75. The molecule has 0 aliphatic carbocycles. The van der Waals surface area contributed by atoms with Crippen molar-refractivity contribution in [2.24, 2.45) is 0 Å². The molecule has 2 aromatic heterocycles. The lowest BCUT2D eigenvalue weighted by Gasteiger charge is -2.41. The minimum Gasteiger partial charge on any atom is -0.394 e. The second-order valence-electron chi connectivity index (χ2n) is 8.29. The Morgan fingerprint density at radius 2 is 1.74 bits per heavy atom.